The number of rotatable bonds is 5. The number of thiazole rings is 1. The first-order valence-electron chi connectivity index (χ1n) is 9.62. The van der Waals surface area contributed by atoms with Crippen molar-refractivity contribution in [2.45, 2.75) is 33.9 Å². The minimum absolute atomic E-state index is 0.136. The molecule has 0 aliphatic rings. The van der Waals surface area contributed by atoms with Gasteiger partial charge in [-0.15, -0.1) is 0 Å². The van der Waals surface area contributed by atoms with E-state index in [0.29, 0.717) is 21.4 Å². The van der Waals surface area contributed by atoms with Crippen molar-refractivity contribution in [1.29, 1.82) is 0 Å². The number of amides is 1. The van der Waals surface area contributed by atoms with Crippen molar-refractivity contribution < 1.29 is 4.79 Å². The summed E-state index contributed by atoms with van der Waals surface area (Å²) in [7, 11) is 0. The summed E-state index contributed by atoms with van der Waals surface area (Å²) in [6, 6.07) is 7.40. The second kappa shape index (κ2) is 8.56. The molecule has 7 nitrogen and oxygen atoms in total. The second-order valence-corrected chi connectivity index (χ2v) is 8.74. The van der Waals surface area contributed by atoms with Crippen molar-refractivity contribution in [3.05, 3.63) is 80.7 Å². The van der Waals surface area contributed by atoms with Gasteiger partial charge < -0.3 is 0 Å². The molecule has 9 heteroatoms. The molecule has 0 radical (unpaired) electrons. The van der Waals surface area contributed by atoms with Crippen molar-refractivity contribution in [2.24, 2.45) is 0 Å². The lowest BCUT2D eigenvalue weighted by Crippen LogP contribution is -2.37. The molecule has 1 amide bonds. The molecular formula is C22H20ClN5O2S. The fraction of sp³-hybridized carbons (Fsp3) is 0.227. The standard InChI is InChI=1S/C22H20ClN5O2S/c1-13-7-17(23)8-18-20(13)26-22(31-18)28(10-16-5-4-6-24-9-16)19(29)11-27-12-25-15(3)14(2)21(27)30/h4-9,12H,10-11H2,1-3H3. The van der Waals surface area contributed by atoms with Crippen LogP contribution in [0.15, 0.2) is 47.8 Å². The maximum atomic E-state index is 13.4. The Hall–Kier alpha value is -3.10. The molecular weight excluding hydrogens is 434 g/mol. The summed E-state index contributed by atoms with van der Waals surface area (Å²) in [6.45, 7) is 5.56. The molecule has 31 heavy (non-hydrogen) atoms. The van der Waals surface area contributed by atoms with E-state index in [9.17, 15) is 9.59 Å². The van der Waals surface area contributed by atoms with E-state index in [4.69, 9.17) is 16.6 Å². The summed E-state index contributed by atoms with van der Waals surface area (Å²) in [4.78, 5) is 40.6. The minimum atomic E-state index is -0.265. The number of pyridine rings is 1. The molecule has 0 bridgehead atoms. The van der Waals surface area contributed by atoms with Crippen LogP contribution in [0.3, 0.4) is 0 Å². The monoisotopic (exact) mass is 453 g/mol. The van der Waals surface area contributed by atoms with Crippen LogP contribution >= 0.6 is 22.9 Å². The number of halogens is 1. The van der Waals surface area contributed by atoms with E-state index >= 15 is 0 Å². The fourth-order valence-electron chi connectivity index (χ4n) is 3.21. The molecule has 158 valence electrons. The average Bonchev–Trinajstić information content (AvgIpc) is 3.17. The highest BCUT2D eigenvalue weighted by molar-refractivity contribution is 7.22. The summed E-state index contributed by atoms with van der Waals surface area (Å²) in [5.74, 6) is -0.265. The van der Waals surface area contributed by atoms with Crippen LogP contribution in [0.1, 0.15) is 22.4 Å². The maximum Gasteiger partial charge on any atom is 0.256 e. The van der Waals surface area contributed by atoms with Crippen molar-refractivity contribution in [1.82, 2.24) is 19.5 Å². The Morgan fingerprint density at radius 1 is 1.26 bits per heavy atom. The van der Waals surface area contributed by atoms with Crippen LogP contribution in [0.2, 0.25) is 5.02 Å². The molecule has 0 N–H and O–H groups in total. The summed E-state index contributed by atoms with van der Waals surface area (Å²) < 4.78 is 2.23. The molecule has 0 unspecified atom stereocenters. The first-order valence-corrected chi connectivity index (χ1v) is 10.8. The van der Waals surface area contributed by atoms with Gasteiger partial charge in [-0.1, -0.05) is 29.0 Å². The summed E-state index contributed by atoms with van der Waals surface area (Å²) in [5.41, 5.74) is 3.55. The lowest BCUT2D eigenvalue weighted by molar-refractivity contribution is -0.119. The molecule has 4 aromatic rings. The molecule has 0 saturated carbocycles. The molecule has 3 heterocycles. The van der Waals surface area contributed by atoms with Gasteiger partial charge in [-0.3, -0.25) is 24.0 Å². The van der Waals surface area contributed by atoms with Gasteiger partial charge in [0.2, 0.25) is 5.91 Å². The van der Waals surface area contributed by atoms with Gasteiger partial charge in [0.1, 0.15) is 6.54 Å². The first-order chi connectivity index (χ1) is 14.8. The molecule has 0 aliphatic heterocycles. The normalized spacial score (nSPS) is 11.1. The van der Waals surface area contributed by atoms with Crippen LogP contribution in [0, 0.1) is 20.8 Å². The Morgan fingerprint density at radius 2 is 2.06 bits per heavy atom. The third-order valence-electron chi connectivity index (χ3n) is 5.06. The van der Waals surface area contributed by atoms with Gasteiger partial charge in [0, 0.05) is 28.7 Å². The van der Waals surface area contributed by atoms with Crippen LogP contribution < -0.4 is 10.5 Å². The zero-order valence-corrected chi connectivity index (χ0v) is 18.9. The maximum absolute atomic E-state index is 13.4. The Bertz CT molecular complexity index is 1330. The van der Waals surface area contributed by atoms with E-state index in [0.717, 1.165) is 21.3 Å². The van der Waals surface area contributed by atoms with Crippen LogP contribution in [0.25, 0.3) is 10.2 Å². The lowest BCUT2D eigenvalue weighted by atomic mass is 10.2. The Labute approximate surface area is 188 Å². The highest BCUT2D eigenvalue weighted by Crippen LogP contribution is 2.33. The number of anilines is 1. The molecule has 3 aromatic heterocycles. The van der Waals surface area contributed by atoms with E-state index in [1.807, 2.05) is 31.2 Å². The number of hydrogen-bond acceptors (Lipinski definition) is 6. The van der Waals surface area contributed by atoms with Gasteiger partial charge in [0.15, 0.2) is 5.13 Å². The van der Waals surface area contributed by atoms with Crippen LogP contribution in [-0.4, -0.2) is 25.4 Å². The van der Waals surface area contributed by atoms with E-state index in [2.05, 4.69) is 9.97 Å². The van der Waals surface area contributed by atoms with Crippen molar-refractivity contribution in [2.75, 3.05) is 4.90 Å². The highest BCUT2D eigenvalue weighted by atomic mass is 35.5. The lowest BCUT2D eigenvalue weighted by Gasteiger charge is -2.20. The number of carbonyl (C=O) groups excluding carboxylic acids is 1. The Balaban J connectivity index is 1.74. The van der Waals surface area contributed by atoms with E-state index in [1.54, 1.807) is 31.1 Å². The fourth-order valence-corrected chi connectivity index (χ4v) is 4.65. The number of aromatic nitrogens is 4. The number of aryl methyl sites for hydroxylation is 2. The molecule has 0 atom stereocenters. The Kier molecular flexibility index (Phi) is 5.84. The highest BCUT2D eigenvalue weighted by Gasteiger charge is 2.22. The van der Waals surface area contributed by atoms with Crippen LogP contribution in [0.4, 0.5) is 5.13 Å². The molecule has 4 rings (SSSR count). The van der Waals surface area contributed by atoms with E-state index < -0.39 is 0 Å². The van der Waals surface area contributed by atoms with E-state index in [-0.39, 0.29) is 24.6 Å². The number of benzene rings is 1. The topological polar surface area (TPSA) is 81.0 Å². The predicted molar refractivity (Wildman–Crippen MR) is 123 cm³/mol. The quantitative estimate of drug-likeness (QED) is 0.455. The predicted octanol–water partition coefficient (Wildman–Crippen LogP) is 4.06. The number of fused-ring (bicyclic) bond motifs is 1. The summed E-state index contributed by atoms with van der Waals surface area (Å²) in [5, 5.41) is 1.16. The number of nitrogens with zero attached hydrogens (tertiary/aromatic N) is 5. The van der Waals surface area contributed by atoms with Crippen molar-refractivity contribution in [3.63, 3.8) is 0 Å². The number of hydrogen-bond donors (Lipinski definition) is 0. The Morgan fingerprint density at radius 3 is 2.81 bits per heavy atom. The van der Waals surface area contributed by atoms with Gasteiger partial charge >= 0.3 is 0 Å². The largest absolute Gasteiger partial charge is 0.289 e. The molecule has 0 saturated heterocycles. The molecule has 1 aromatic carbocycles. The van der Waals surface area contributed by atoms with Gasteiger partial charge in [0.05, 0.1) is 23.1 Å². The number of carbonyl (C=O) groups is 1. The van der Waals surface area contributed by atoms with Gasteiger partial charge in [-0.2, -0.15) is 0 Å². The third-order valence-corrected chi connectivity index (χ3v) is 6.30. The van der Waals surface area contributed by atoms with Crippen molar-refractivity contribution >= 4 is 44.2 Å². The summed E-state index contributed by atoms with van der Waals surface area (Å²) in [6.07, 6.45) is 4.80. The van der Waals surface area contributed by atoms with Gasteiger partial charge in [-0.25, -0.2) is 9.97 Å². The molecule has 0 fully saturated rings. The van der Waals surface area contributed by atoms with Crippen molar-refractivity contribution in [3.8, 4) is 0 Å². The van der Waals surface area contributed by atoms with Gasteiger partial charge in [0.25, 0.3) is 5.56 Å². The average molecular weight is 454 g/mol. The zero-order chi connectivity index (χ0) is 22.1. The van der Waals surface area contributed by atoms with Crippen LogP contribution in [0.5, 0.6) is 0 Å². The third kappa shape index (κ3) is 4.35. The zero-order valence-electron chi connectivity index (χ0n) is 17.3. The minimum Gasteiger partial charge on any atom is -0.289 e. The van der Waals surface area contributed by atoms with E-state index in [1.165, 1.54) is 22.2 Å². The van der Waals surface area contributed by atoms with Crippen LogP contribution in [-0.2, 0) is 17.9 Å². The smallest absolute Gasteiger partial charge is 0.256 e. The second-order valence-electron chi connectivity index (χ2n) is 7.30. The molecule has 0 aliphatic carbocycles. The molecule has 0 spiro atoms. The summed E-state index contributed by atoms with van der Waals surface area (Å²) >= 11 is 7.59. The first kappa shape index (κ1) is 21.1. The SMILES string of the molecule is Cc1ncn(CC(=O)N(Cc2cccnc2)c2nc3c(C)cc(Cl)cc3s2)c(=O)c1C. The van der Waals surface area contributed by atoms with Gasteiger partial charge in [-0.05, 0) is 50.1 Å².